The molecule has 216 valence electrons. The van der Waals surface area contributed by atoms with Gasteiger partial charge in [-0.15, -0.1) is 0 Å². The molecule has 0 aliphatic carbocycles. The van der Waals surface area contributed by atoms with Gasteiger partial charge in [-0.2, -0.15) is 44.3 Å². The van der Waals surface area contributed by atoms with Crippen molar-refractivity contribution in [2.45, 2.75) is 127 Å². The predicted octanol–water partition coefficient (Wildman–Crippen LogP) is 10.1. The maximum Gasteiger partial charge on any atom is 0.317 e. The van der Waals surface area contributed by atoms with Gasteiger partial charge in [-0.1, -0.05) is 52.4 Å². The average molecular weight is 723 g/mol. The van der Waals surface area contributed by atoms with Gasteiger partial charge in [-0.05, 0) is 74.5 Å². The van der Waals surface area contributed by atoms with Crippen LogP contribution in [0.4, 0.5) is 0 Å². The molecule has 16 heteroatoms. The van der Waals surface area contributed by atoms with Gasteiger partial charge in [0.2, 0.25) is 0 Å². The van der Waals surface area contributed by atoms with E-state index < -0.39 is 63.8 Å². The summed E-state index contributed by atoms with van der Waals surface area (Å²) in [7, 11) is -17.8. The maximum absolute atomic E-state index is 7.22. The zero-order valence-electron chi connectivity index (χ0n) is 24.8. The van der Waals surface area contributed by atoms with Crippen molar-refractivity contribution in [1.29, 1.82) is 0 Å². The van der Waals surface area contributed by atoms with Crippen molar-refractivity contribution < 1.29 is 16.5 Å². The zero-order valence-corrected chi connectivity index (χ0v) is 35.8. The van der Waals surface area contributed by atoms with Crippen LogP contribution in [0.5, 0.6) is 0 Å². The van der Waals surface area contributed by atoms with Gasteiger partial charge in [0.1, 0.15) is 29.5 Å². The average Bonchev–Trinajstić information content (AvgIpc) is 2.59. The Morgan fingerprint density at radius 1 is 0.389 bits per heavy atom. The van der Waals surface area contributed by atoms with E-state index in [2.05, 4.69) is 78.6 Å². The first-order valence-electron chi connectivity index (χ1n) is 13.2. The number of hydrogen-bond acceptors (Lipinski definition) is 4. The molecule has 0 saturated carbocycles. The molecular formula is C20H52Cl4O4Si8. The standard InChI is InChI=1S/C20H52Cl4O4Si8/c1-29(2,21)13-17-33(9)25-34(10,18-14-30(3,4)22)27-36(12,20-16-32(7,8)24)28-35(11,26-33)19-15-31(5,6)23/h13-20H2,1-12H3. The Balaban J connectivity index is 3.48. The molecule has 0 bridgehead atoms. The predicted molar refractivity (Wildman–Crippen MR) is 183 cm³/mol. The molecule has 1 aliphatic heterocycles. The van der Waals surface area contributed by atoms with Crippen molar-refractivity contribution in [3.05, 3.63) is 0 Å². The third kappa shape index (κ3) is 15.7. The molecule has 1 rings (SSSR count). The summed E-state index contributed by atoms with van der Waals surface area (Å²) in [6, 6.07) is 7.31. The summed E-state index contributed by atoms with van der Waals surface area (Å²) < 4.78 is 28.9. The molecule has 4 nitrogen and oxygen atoms in total. The van der Waals surface area contributed by atoms with E-state index in [1.807, 2.05) is 0 Å². The molecule has 0 aromatic rings. The summed E-state index contributed by atoms with van der Waals surface area (Å²) in [5.74, 6) is 0. The number of rotatable bonds is 12. The molecule has 0 amide bonds. The van der Waals surface area contributed by atoms with E-state index in [0.29, 0.717) is 0 Å². The molecule has 1 saturated heterocycles. The Morgan fingerprint density at radius 2 is 0.528 bits per heavy atom. The van der Waals surface area contributed by atoms with Crippen LogP contribution < -0.4 is 0 Å². The van der Waals surface area contributed by atoms with Crippen LogP contribution in [-0.4, -0.2) is 63.8 Å². The largest absolute Gasteiger partial charge is 0.416 e. The van der Waals surface area contributed by atoms with E-state index in [9.17, 15) is 0 Å². The molecule has 0 N–H and O–H groups in total. The van der Waals surface area contributed by atoms with Gasteiger partial charge in [0, 0.05) is 0 Å². The lowest BCUT2D eigenvalue weighted by molar-refractivity contribution is 0.225. The first-order valence-corrected chi connectivity index (χ1v) is 40.2. The van der Waals surface area contributed by atoms with Gasteiger partial charge in [0.15, 0.2) is 0 Å². The lowest BCUT2D eigenvalue weighted by atomic mass is 10.9. The van der Waals surface area contributed by atoms with Gasteiger partial charge in [-0.25, -0.2) is 0 Å². The first kappa shape index (κ1) is 36.8. The molecule has 36 heavy (non-hydrogen) atoms. The minimum Gasteiger partial charge on any atom is -0.416 e. The quantitative estimate of drug-likeness (QED) is 0.149. The summed E-state index contributed by atoms with van der Waals surface area (Å²) in [4.78, 5) is 0. The van der Waals surface area contributed by atoms with Gasteiger partial charge < -0.3 is 16.5 Å². The molecule has 1 heterocycles. The zero-order chi connectivity index (χ0) is 28.5. The minimum absolute atomic E-state index is 0.872. The van der Waals surface area contributed by atoms with Crippen LogP contribution in [0, 0.1) is 0 Å². The van der Waals surface area contributed by atoms with Crippen LogP contribution >= 0.6 is 44.3 Å². The summed E-state index contributed by atoms with van der Waals surface area (Å²) in [6.45, 7) is 26.4. The van der Waals surface area contributed by atoms with E-state index in [1.54, 1.807) is 0 Å². The Morgan fingerprint density at radius 3 is 0.639 bits per heavy atom. The third-order valence-corrected chi connectivity index (χ3v) is 34.9. The fraction of sp³-hybridized carbons (Fsp3) is 1.00. The molecular weight excluding hydrogens is 671 g/mol. The monoisotopic (exact) mass is 720 g/mol. The van der Waals surface area contributed by atoms with Crippen LogP contribution in [0.15, 0.2) is 0 Å². The first-order chi connectivity index (χ1) is 15.7. The summed E-state index contributed by atoms with van der Waals surface area (Å²) in [5, 5.41) is 0. The maximum atomic E-state index is 7.22. The Labute approximate surface area is 249 Å². The molecule has 0 unspecified atom stereocenters. The van der Waals surface area contributed by atoms with Crippen molar-refractivity contribution in [2.24, 2.45) is 0 Å². The molecule has 0 aromatic carbocycles. The Bertz CT molecular complexity index is 594. The lowest BCUT2D eigenvalue weighted by Gasteiger charge is -2.51. The molecule has 0 atom stereocenters. The highest BCUT2D eigenvalue weighted by Crippen LogP contribution is 2.42. The second kappa shape index (κ2) is 12.9. The minimum atomic E-state index is -2.64. The van der Waals surface area contributed by atoms with E-state index >= 15 is 0 Å². The topological polar surface area (TPSA) is 36.9 Å². The summed E-state index contributed by atoms with van der Waals surface area (Å²) >= 11 is 27.1. The normalized spacial score (nSPS) is 33.3. The highest BCUT2D eigenvalue weighted by atomic mass is 35.6. The van der Waals surface area contributed by atoms with Crippen LogP contribution in [-0.2, 0) is 16.5 Å². The molecule has 0 radical (unpaired) electrons. The van der Waals surface area contributed by atoms with Crippen molar-refractivity contribution in [3.63, 3.8) is 0 Å². The fourth-order valence-corrected chi connectivity index (χ4v) is 44.6. The Hall–Kier alpha value is 2.74. The second-order valence-corrected chi connectivity index (χ2v) is 56.2. The van der Waals surface area contributed by atoms with E-state index in [4.69, 9.17) is 60.8 Å². The van der Waals surface area contributed by atoms with Crippen molar-refractivity contribution in [2.75, 3.05) is 0 Å². The number of halogens is 4. The van der Waals surface area contributed by atoms with Crippen molar-refractivity contribution >= 4 is 108 Å². The van der Waals surface area contributed by atoms with Crippen LogP contribution in [0.2, 0.25) is 127 Å². The van der Waals surface area contributed by atoms with Gasteiger partial charge in [0.05, 0.1) is 0 Å². The third-order valence-electron chi connectivity index (χ3n) is 6.42. The van der Waals surface area contributed by atoms with Gasteiger partial charge in [-0.3, -0.25) is 0 Å². The van der Waals surface area contributed by atoms with Crippen LogP contribution in [0.3, 0.4) is 0 Å². The lowest BCUT2D eigenvalue weighted by Crippen LogP contribution is -2.67. The molecule has 1 aliphatic rings. The smallest absolute Gasteiger partial charge is 0.317 e. The van der Waals surface area contributed by atoms with Crippen molar-refractivity contribution in [1.82, 2.24) is 0 Å². The van der Waals surface area contributed by atoms with Crippen LogP contribution in [0.1, 0.15) is 0 Å². The molecule has 0 aromatic heterocycles. The van der Waals surface area contributed by atoms with Gasteiger partial charge >= 0.3 is 34.2 Å². The van der Waals surface area contributed by atoms with Gasteiger partial charge in [0.25, 0.3) is 0 Å². The van der Waals surface area contributed by atoms with Crippen molar-refractivity contribution in [3.8, 4) is 0 Å². The summed E-state index contributed by atoms with van der Waals surface area (Å²) in [5.41, 5.74) is 0. The van der Waals surface area contributed by atoms with Crippen LogP contribution in [0.25, 0.3) is 0 Å². The van der Waals surface area contributed by atoms with E-state index in [0.717, 1.165) is 48.4 Å². The fourth-order valence-electron chi connectivity index (χ4n) is 4.42. The Kier molecular flexibility index (Phi) is 13.2. The van der Waals surface area contributed by atoms with E-state index in [-0.39, 0.29) is 0 Å². The number of hydrogen-bond donors (Lipinski definition) is 0. The van der Waals surface area contributed by atoms with E-state index in [1.165, 1.54) is 0 Å². The molecule has 0 spiro atoms. The highest BCUT2D eigenvalue weighted by molar-refractivity contribution is 7.20. The summed E-state index contributed by atoms with van der Waals surface area (Å²) in [6.07, 6.45) is 0. The SMILES string of the molecule is C[Si](C)(Cl)CC[Si]1(C)O[Si](C)(CC[Si](C)(C)Cl)O[Si](C)(CC[Si](C)(C)Cl)O[Si](C)(CC[Si](C)(C)Cl)O1. The molecule has 1 fully saturated rings. The highest BCUT2D eigenvalue weighted by Gasteiger charge is 2.57. The second-order valence-electron chi connectivity index (χ2n) is 13.8.